The van der Waals surface area contributed by atoms with Crippen LogP contribution in [0.4, 0.5) is 0 Å². The summed E-state index contributed by atoms with van der Waals surface area (Å²) in [4.78, 5) is 14.8. The molecular formula is C13H13NO2. The van der Waals surface area contributed by atoms with Gasteiger partial charge in [0.15, 0.2) is 5.78 Å². The van der Waals surface area contributed by atoms with E-state index in [0.29, 0.717) is 11.3 Å². The molecule has 0 unspecified atom stereocenters. The van der Waals surface area contributed by atoms with Gasteiger partial charge in [0.1, 0.15) is 11.5 Å². The fourth-order valence-corrected chi connectivity index (χ4v) is 1.58. The summed E-state index contributed by atoms with van der Waals surface area (Å²) < 4.78 is 5.31. The quantitative estimate of drug-likeness (QED) is 0.631. The minimum Gasteiger partial charge on any atom is -0.466 e. The number of rotatable bonds is 3. The van der Waals surface area contributed by atoms with Crippen LogP contribution in [0.1, 0.15) is 27.6 Å². The minimum atomic E-state index is -0.0380. The van der Waals surface area contributed by atoms with Crippen molar-refractivity contribution in [1.82, 2.24) is 4.98 Å². The summed E-state index contributed by atoms with van der Waals surface area (Å²) in [6, 6.07) is 5.55. The van der Waals surface area contributed by atoms with Gasteiger partial charge in [0.2, 0.25) is 0 Å². The molecule has 0 aromatic carbocycles. The topological polar surface area (TPSA) is 46.0 Å². The second-order valence-electron chi connectivity index (χ2n) is 3.65. The van der Waals surface area contributed by atoms with Crippen molar-refractivity contribution in [2.75, 3.05) is 0 Å². The number of aromatic amines is 1. The van der Waals surface area contributed by atoms with E-state index in [2.05, 4.69) is 4.98 Å². The molecule has 2 rings (SSSR count). The number of allylic oxidation sites excluding steroid dienone is 1. The zero-order chi connectivity index (χ0) is 11.5. The molecule has 1 N–H and O–H groups in total. The summed E-state index contributed by atoms with van der Waals surface area (Å²) in [5.41, 5.74) is 1.53. The number of carbonyl (C=O) groups excluding carboxylic acids is 1. The lowest BCUT2D eigenvalue weighted by Crippen LogP contribution is -1.93. The highest BCUT2D eigenvalue weighted by molar-refractivity contribution is 6.07. The molecule has 3 nitrogen and oxygen atoms in total. The zero-order valence-electron chi connectivity index (χ0n) is 9.28. The molecule has 0 aliphatic rings. The number of nitrogens with one attached hydrogen (secondary N) is 1. The number of aromatic nitrogens is 1. The smallest absolute Gasteiger partial charge is 0.189 e. The van der Waals surface area contributed by atoms with E-state index in [-0.39, 0.29) is 5.78 Å². The first-order valence-electron chi connectivity index (χ1n) is 5.09. The van der Waals surface area contributed by atoms with Gasteiger partial charge in [-0.2, -0.15) is 0 Å². The van der Waals surface area contributed by atoms with E-state index in [1.54, 1.807) is 25.1 Å². The molecule has 0 saturated heterocycles. The standard InChI is InChI=1S/C13H13NO2/c1-9-8-12(10(2)16-9)13(15)6-5-11-4-3-7-14-11/h3-8,14H,1-2H3/b6-5+. The molecule has 82 valence electrons. The first kappa shape index (κ1) is 10.5. The Hall–Kier alpha value is -2.03. The molecule has 2 heterocycles. The molecule has 0 amide bonds. The van der Waals surface area contributed by atoms with Crippen LogP contribution in [0.25, 0.3) is 6.08 Å². The molecule has 2 aromatic rings. The number of aryl methyl sites for hydroxylation is 2. The molecule has 16 heavy (non-hydrogen) atoms. The van der Waals surface area contributed by atoms with Crippen molar-refractivity contribution in [3.63, 3.8) is 0 Å². The van der Waals surface area contributed by atoms with Crippen LogP contribution in [-0.4, -0.2) is 10.8 Å². The molecule has 0 aliphatic carbocycles. The van der Waals surface area contributed by atoms with Gasteiger partial charge in [-0.1, -0.05) is 0 Å². The van der Waals surface area contributed by atoms with Gasteiger partial charge in [0.05, 0.1) is 5.56 Å². The SMILES string of the molecule is Cc1cc(C(=O)/C=C/c2ccc[nH]2)c(C)o1. The number of ketones is 1. The van der Waals surface area contributed by atoms with Crippen LogP contribution >= 0.6 is 0 Å². The van der Waals surface area contributed by atoms with Crippen molar-refractivity contribution < 1.29 is 9.21 Å². The molecule has 0 bridgehead atoms. The lowest BCUT2D eigenvalue weighted by molar-refractivity contribution is 0.104. The molecule has 0 atom stereocenters. The van der Waals surface area contributed by atoms with E-state index >= 15 is 0 Å². The number of carbonyl (C=O) groups is 1. The first-order chi connectivity index (χ1) is 7.66. The van der Waals surface area contributed by atoms with Gasteiger partial charge in [-0.3, -0.25) is 4.79 Å². The van der Waals surface area contributed by atoms with E-state index in [1.165, 1.54) is 0 Å². The number of furan rings is 1. The molecule has 0 radical (unpaired) electrons. The van der Waals surface area contributed by atoms with E-state index < -0.39 is 0 Å². The Morgan fingerprint density at radius 2 is 2.25 bits per heavy atom. The summed E-state index contributed by atoms with van der Waals surface area (Å²) in [6.45, 7) is 3.63. The van der Waals surface area contributed by atoms with Gasteiger partial charge < -0.3 is 9.40 Å². The predicted octanol–water partition coefficient (Wildman–Crippen LogP) is 3.12. The summed E-state index contributed by atoms with van der Waals surface area (Å²) in [5, 5.41) is 0. The Morgan fingerprint density at radius 1 is 1.44 bits per heavy atom. The van der Waals surface area contributed by atoms with Gasteiger partial charge >= 0.3 is 0 Å². The van der Waals surface area contributed by atoms with Gasteiger partial charge in [0, 0.05) is 11.9 Å². The molecule has 0 aliphatic heterocycles. The fourth-order valence-electron chi connectivity index (χ4n) is 1.58. The molecule has 3 heteroatoms. The van der Waals surface area contributed by atoms with Crippen molar-refractivity contribution in [2.24, 2.45) is 0 Å². The Balaban J connectivity index is 2.17. The monoisotopic (exact) mass is 215 g/mol. The van der Waals surface area contributed by atoms with Crippen molar-refractivity contribution in [1.29, 1.82) is 0 Å². The minimum absolute atomic E-state index is 0.0380. The highest BCUT2D eigenvalue weighted by Gasteiger charge is 2.10. The third-order valence-corrected chi connectivity index (χ3v) is 2.34. The third kappa shape index (κ3) is 2.14. The number of hydrogen-bond acceptors (Lipinski definition) is 2. The maximum Gasteiger partial charge on any atom is 0.189 e. The van der Waals surface area contributed by atoms with Crippen molar-refractivity contribution >= 4 is 11.9 Å². The maximum atomic E-state index is 11.8. The third-order valence-electron chi connectivity index (χ3n) is 2.34. The van der Waals surface area contributed by atoms with E-state index in [1.807, 2.05) is 25.3 Å². The molecule has 0 saturated carbocycles. The van der Waals surface area contributed by atoms with Gasteiger partial charge in [-0.15, -0.1) is 0 Å². The predicted molar refractivity (Wildman–Crippen MR) is 62.3 cm³/mol. The van der Waals surface area contributed by atoms with E-state index in [0.717, 1.165) is 11.5 Å². The average Bonchev–Trinajstić information content (AvgIpc) is 2.84. The van der Waals surface area contributed by atoms with Gasteiger partial charge in [0.25, 0.3) is 0 Å². The van der Waals surface area contributed by atoms with Gasteiger partial charge in [-0.05, 0) is 44.2 Å². The Morgan fingerprint density at radius 3 is 2.81 bits per heavy atom. The summed E-state index contributed by atoms with van der Waals surface area (Å²) in [7, 11) is 0. The van der Waals surface area contributed by atoms with Crippen LogP contribution in [0.3, 0.4) is 0 Å². The summed E-state index contributed by atoms with van der Waals surface area (Å²) in [5.74, 6) is 1.39. The Labute approximate surface area is 93.8 Å². The first-order valence-corrected chi connectivity index (χ1v) is 5.09. The van der Waals surface area contributed by atoms with Gasteiger partial charge in [-0.25, -0.2) is 0 Å². The number of hydrogen-bond donors (Lipinski definition) is 1. The van der Waals surface area contributed by atoms with Crippen LogP contribution in [-0.2, 0) is 0 Å². The molecular weight excluding hydrogens is 202 g/mol. The molecule has 2 aromatic heterocycles. The van der Waals surface area contributed by atoms with E-state index in [9.17, 15) is 4.79 Å². The largest absolute Gasteiger partial charge is 0.466 e. The fraction of sp³-hybridized carbons (Fsp3) is 0.154. The van der Waals surface area contributed by atoms with Crippen LogP contribution < -0.4 is 0 Å². The van der Waals surface area contributed by atoms with Crippen molar-refractivity contribution in [3.05, 3.63) is 53.2 Å². The Bertz CT molecular complexity index is 518. The highest BCUT2D eigenvalue weighted by Crippen LogP contribution is 2.15. The van der Waals surface area contributed by atoms with Crippen LogP contribution in [0.15, 0.2) is 34.9 Å². The summed E-state index contributed by atoms with van der Waals surface area (Å²) in [6.07, 6.45) is 5.12. The van der Waals surface area contributed by atoms with Crippen LogP contribution in [0, 0.1) is 13.8 Å². The lowest BCUT2D eigenvalue weighted by Gasteiger charge is -1.90. The maximum absolute atomic E-state index is 11.8. The zero-order valence-corrected chi connectivity index (χ0v) is 9.28. The van der Waals surface area contributed by atoms with Crippen molar-refractivity contribution in [3.8, 4) is 0 Å². The van der Waals surface area contributed by atoms with Crippen LogP contribution in [0.2, 0.25) is 0 Å². The highest BCUT2D eigenvalue weighted by atomic mass is 16.3. The second kappa shape index (κ2) is 4.23. The van der Waals surface area contributed by atoms with Crippen LogP contribution in [0.5, 0.6) is 0 Å². The van der Waals surface area contributed by atoms with Crippen molar-refractivity contribution in [2.45, 2.75) is 13.8 Å². The van der Waals surface area contributed by atoms with E-state index in [4.69, 9.17) is 4.42 Å². The normalized spacial score (nSPS) is 11.1. The molecule has 0 spiro atoms. The Kier molecular flexibility index (Phi) is 2.77. The second-order valence-corrected chi connectivity index (χ2v) is 3.65. The average molecular weight is 215 g/mol. The lowest BCUT2D eigenvalue weighted by atomic mass is 10.1. The summed E-state index contributed by atoms with van der Waals surface area (Å²) >= 11 is 0. The number of H-pyrrole nitrogens is 1. The molecule has 0 fully saturated rings.